The lowest BCUT2D eigenvalue weighted by Crippen LogP contribution is -2.37. The predicted octanol–water partition coefficient (Wildman–Crippen LogP) is 2.05. The van der Waals surface area contributed by atoms with Crippen LogP contribution in [0.3, 0.4) is 0 Å². The lowest BCUT2D eigenvalue weighted by Gasteiger charge is -2.21. The van der Waals surface area contributed by atoms with E-state index >= 15 is 0 Å². The van der Waals surface area contributed by atoms with E-state index in [1.54, 1.807) is 6.20 Å². The quantitative estimate of drug-likeness (QED) is 0.671. The molecule has 0 amide bonds. The Balaban J connectivity index is 3.44. The van der Waals surface area contributed by atoms with Crippen molar-refractivity contribution in [2.45, 2.75) is 39.1 Å². The number of rotatable bonds is 1. The van der Waals surface area contributed by atoms with E-state index in [2.05, 4.69) is 5.10 Å². The molecule has 0 N–H and O–H groups in total. The highest BCUT2D eigenvalue weighted by molar-refractivity contribution is 6.17. The first-order valence-corrected chi connectivity index (χ1v) is 5.05. The Morgan fingerprint density at radius 2 is 2.07 bits per heavy atom. The summed E-state index contributed by atoms with van der Waals surface area (Å²) < 4.78 is 1.47. The van der Waals surface area contributed by atoms with Gasteiger partial charge in [0.2, 0.25) is 0 Å². The van der Waals surface area contributed by atoms with Crippen LogP contribution in [0.2, 0.25) is 0 Å². The summed E-state index contributed by atoms with van der Waals surface area (Å²) in [5, 5.41) is 4.10. The van der Waals surface area contributed by atoms with Gasteiger partial charge in [-0.05, 0) is 33.3 Å². The molecule has 78 valence electrons. The van der Waals surface area contributed by atoms with Crippen molar-refractivity contribution in [3.8, 4) is 0 Å². The van der Waals surface area contributed by atoms with E-state index < -0.39 is 0 Å². The van der Waals surface area contributed by atoms with Gasteiger partial charge >= 0.3 is 0 Å². The lowest BCUT2D eigenvalue weighted by atomic mass is 10.1. The van der Waals surface area contributed by atoms with Gasteiger partial charge < -0.3 is 0 Å². The molecule has 0 aliphatic carbocycles. The molecule has 0 fully saturated rings. The third-order valence-electron chi connectivity index (χ3n) is 2.06. The summed E-state index contributed by atoms with van der Waals surface area (Å²) in [6.45, 7) is 7.66. The summed E-state index contributed by atoms with van der Waals surface area (Å²) in [6.07, 6.45) is 1.68. The number of nitrogens with zero attached hydrogens (tertiary/aromatic N) is 2. The molecule has 0 saturated carbocycles. The summed E-state index contributed by atoms with van der Waals surface area (Å²) >= 11 is 5.72. The molecule has 0 spiro atoms. The first-order chi connectivity index (χ1) is 6.38. The average Bonchev–Trinajstić information content (AvgIpc) is 2.02. The number of halogens is 1. The Morgan fingerprint density at radius 3 is 2.50 bits per heavy atom. The lowest BCUT2D eigenvalue weighted by molar-refractivity contribution is 0.336. The highest BCUT2D eigenvalue weighted by atomic mass is 35.5. The average molecular weight is 215 g/mol. The van der Waals surface area contributed by atoms with Gasteiger partial charge in [0.05, 0.1) is 17.6 Å². The zero-order valence-corrected chi connectivity index (χ0v) is 9.72. The Morgan fingerprint density at radius 1 is 1.50 bits per heavy atom. The highest BCUT2D eigenvalue weighted by Crippen LogP contribution is 2.11. The van der Waals surface area contributed by atoms with Crippen LogP contribution in [0.1, 0.15) is 31.9 Å². The van der Waals surface area contributed by atoms with Crippen molar-refractivity contribution >= 4 is 11.6 Å². The van der Waals surface area contributed by atoms with Gasteiger partial charge in [-0.15, -0.1) is 11.6 Å². The number of hydrogen-bond donors (Lipinski definition) is 0. The van der Waals surface area contributed by atoms with Crippen LogP contribution in [0.5, 0.6) is 0 Å². The Kier molecular flexibility index (Phi) is 3.00. The van der Waals surface area contributed by atoms with Gasteiger partial charge in [-0.1, -0.05) is 0 Å². The molecule has 14 heavy (non-hydrogen) atoms. The zero-order valence-electron chi connectivity index (χ0n) is 8.97. The third kappa shape index (κ3) is 1.98. The minimum atomic E-state index is -0.300. The minimum absolute atomic E-state index is 0.0903. The third-order valence-corrected chi connectivity index (χ3v) is 2.33. The predicted molar refractivity (Wildman–Crippen MR) is 57.8 cm³/mol. The van der Waals surface area contributed by atoms with E-state index in [4.69, 9.17) is 11.6 Å². The van der Waals surface area contributed by atoms with Crippen LogP contribution in [0.4, 0.5) is 0 Å². The summed E-state index contributed by atoms with van der Waals surface area (Å²) in [5.74, 6) is 0.239. The first-order valence-electron chi connectivity index (χ1n) is 4.52. The maximum atomic E-state index is 11.9. The molecule has 4 heteroatoms. The van der Waals surface area contributed by atoms with E-state index in [1.165, 1.54) is 4.68 Å². The molecule has 0 atom stereocenters. The fourth-order valence-electron chi connectivity index (χ4n) is 1.21. The van der Waals surface area contributed by atoms with E-state index in [9.17, 15) is 4.79 Å². The van der Waals surface area contributed by atoms with Crippen molar-refractivity contribution in [2.75, 3.05) is 0 Å². The zero-order chi connectivity index (χ0) is 10.9. The fraction of sp³-hybridized carbons (Fsp3) is 0.600. The second-order valence-electron chi connectivity index (χ2n) is 4.33. The molecule has 1 aromatic rings. The van der Waals surface area contributed by atoms with Crippen LogP contribution < -0.4 is 5.56 Å². The van der Waals surface area contributed by atoms with Crippen LogP contribution in [0.25, 0.3) is 0 Å². The number of alkyl halides is 1. The van der Waals surface area contributed by atoms with Gasteiger partial charge in [-0.25, -0.2) is 4.68 Å². The van der Waals surface area contributed by atoms with Crippen molar-refractivity contribution in [2.24, 2.45) is 0 Å². The minimum Gasteiger partial charge on any atom is -0.267 e. The number of aromatic nitrogens is 2. The van der Waals surface area contributed by atoms with Crippen LogP contribution in [0, 0.1) is 6.92 Å². The molecule has 3 nitrogen and oxygen atoms in total. The van der Waals surface area contributed by atoms with Gasteiger partial charge in [-0.2, -0.15) is 5.10 Å². The molecule has 0 unspecified atom stereocenters. The normalized spacial score (nSPS) is 11.8. The van der Waals surface area contributed by atoms with Gasteiger partial charge in [0.1, 0.15) is 0 Å². The monoisotopic (exact) mass is 214 g/mol. The van der Waals surface area contributed by atoms with Crippen molar-refractivity contribution in [1.82, 2.24) is 9.78 Å². The Bertz CT molecular complexity index is 390. The molecule has 0 radical (unpaired) electrons. The Hall–Kier alpha value is -0.830. The number of hydrogen-bond acceptors (Lipinski definition) is 2. The van der Waals surface area contributed by atoms with Crippen molar-refractivity contribution < 1.29 is 0 Å². The second-order valence-corrected chi connectivity index (χ2v) is 4.59. The molecule has 1 heterocycles. The standard InChI is InChI=1S/C10H15ClN2O/c1-7-6-12-13(10(2,3)4)9(14)8(7)5-11/h6H,5H2,1-4H3. The molecular formula is C10H15ClN2O. The maximum absolute atomic E-state index is 11.9. The molecule has 0 aliphatic rings. The van der Waals surface area contributed by atoms with E-state index in [-0.39, 0.29) is 17.0 Å². The van der Waals surface area contributed by atoms with Gasteiger partial charge in [0.25, 0.3) is 5.56 Å². The fourth-order valence-corrected chi connectivity index (χ4v) is 1.54. The largest absolute Gasteiger partial charge is 0.271 e. The van der Waals surface area contributed by atoms with E-state index in [1.807, 2.05) is 27.7 Å². The van der Waals surface area contributed by atoms with E-state index in [0.717, 1.165) is 5.56 Å². The molecular weight excluding hydrogens is 200 g/mol. The summed E-state index contributed by atoms with van der Waals surface area (Å²) in [5.41, 5.74) is 1.10. The summed E-state index contributed by atoms with van der Waals surface area (Å²) in [7, 11) is 0. The highest BCUT2D eigenvalue weighted by Gasteiger charge is 2.18. The maximum Gasteiger partial charge on any atom is 0.271 e. The van der Waals surface area contributed by atoms with Crippen LogP contribution >= 0.6 is 11.6 Å². The van der Waals surface area contributed by atoms with Gasteiger partial charge in [0, 0.05) is 5.56 Å². The van der Waals surface area contributed by atoms with Crippen molar-refractivity contribution in [1.29, 1.82) is 0 Å². The molecule has 0 saturated heterocycles. The second kappa shape index (κ2) is 3.73. The molecule has 0 bridgehead atoms. The van der Waals surface area contributed by atoms with Crippen LogP contribution in [0.15, 0.2) is 11.0 Å². The van der Waals surface area contributed by atoms with Crippen LogP contribution in [-0.4, -0.2) is 9.78 Å². The SMILES string of the molecule is Cc1cnn(C(C)(C)C)c(=O)c1CCl. The van der Waals surface area contributed by atoms with Gasteiger partial charge in [-0.3, -0.25) is 4.79 Å². The topological polar surface area (TPSA) is 34.9 Å². The summed E-state index contributed by atoms with van der Waals surface area (Å²) in [6, 6.07) is 0. The van der Waals surface area contributed by atoms with E-state index in [0.29, 0.717) is 5.56 Å². The Labute approximate surface area is 88.7 Å². The molecule has 0 aliphatic heterocycles. The van der Waals surface area contributed by atoms with Crippen molar-refractivity contribution in [3.63, 3.8) is 0 Å². The van der Waals surface area contributed by atoms with Crippen LogP contribution in [-0.2, 0) is 11.4 Å². The van der Waals surface area contributed by atoms with Gasteiger partial charge in [0.15, 0.2) is 0 Å². The van der Waals surface area contributed by atoms with Crippen molar-refractivity contribution in [3.05, 3.63) is 27.7 Å². The molecule has 1 rings (SSSR count). The molecule has 1 aromatic heterocycles. The first kappa shape index (κ1) is 11.2. The molecule has 0 aromatic carbocycles. The smallest absolute Gasteiger partial charge is 0.267 e. The number of aryl methyl sites for hydroxylation is 1. The summed E-state index contributed by atoms with van der Waals surface area (Å²) in [4.78, 5) is 11.9.